The number of Topliss-reactive ketones (excluding diaryl/α,β-unsaturated/α-hetero) is 1. The Hall–Kier alpha value is -2.42. The van der Waals surface area contributed by atoms with Crippen LogP contribution in [0, 0.1) is 5.92 Å². The fourth-order valence-corrected chi connectivity index (χ4v) is 2.19. The van der Waals surface area contributed by atoms with Gasteiger partial charge in [0.1, 0.15) is 5.78 Å². The molecule has 0 radical (unpaired) electrons. The molecule has 21 heavy (non-hydrogen) atoms. The highest BCUT2D eigenvalue weighted by Crippen LogP contribution is 2.19. The normalized spacial score (nSPS) is 11.9. The van der Waals surface area contributed by atoms with Gasteiger partial charge in [-0.2, -0.15) is 0 Å². The van der Waals surface area contributed by atoms with Crippen molar-refractivity contribution >= 4 is 11.7 Å². The molecule has 0 saturated heterocycles. The van der Waals surface area contributed by atoms with Crippen LogP contribution >= 0.6 is 0 Å². The van der Waals surface area contributed by atoms with E-state index in [1.165, 1.54) is 0 Å². The molecule has 3 heteroatoms. The van der Waals surface area contributed by atoms with E-state index in [2.05, 4.69) is 12.1 Å². The quantitative estimate of drug-likeness (QED) is 0.884. The van der Waals surface area contributed by atoms with Gasteiger partial charge in [0.2, 0.25) is 5.91 Å². The van der Waals surface area contributed by atoms with E-state index in [1.807, 2.05) is 42.5 Å². The second-order valence-electron chi connectivity index (χ2n) is 5.29. The lowest BCUT2D eigenvalue weighted by Crippen LogP contribution is -2.23. The van der Waals surface area contributed by atoms with Crippen molar-refractivity contribution in [3.63, 3.8) is 0 Å². The molecule has 108 valence electrons. The predicted octanol–water partition coefficient (Wildman–Crippen LogP) is 2.98. The van der Waals surface area contributed by atoms with E-state index in [1.54, 1.807) is 6.92 Å². The maximum Gasteiger partial charge on any atom is 0.220 e. The Kier molecular flexibility index (Phi) is 4.88. The summed E-state index contributed by atoms with van der Waals surface area (Å²) in [7, 11) is 0. The van der Waals surface area contributed by atoms with E-state index in [4.69, 9.17) is 5.73 Å². The Labute approximate surface area is 124 Å². The summed E-state index contributed by atoms with van der Waals surface area (Å²) in [5.74, 6) is -0.794. The fourth-order valence-electron chi connectivity index (χ4n) is 2.19. The maximum absolute atomic E-state index is 11.9. The third-order valence-corrected chi connectivity index (χ3v) is 3.48. The molecule has 2 aromatic rings. The molecular weight excluding hydrogens is 262 g/mol. The van der Waals surface area contributed by atoms with Crippen LogP contribution in [0.5, 0.6) is 0 Å². The summed E-state index contributed by atoms with van der Waals surface area (Å²) < 4.78 is 0. The van der Waals surface area contributed by atoms with Crippen LogP contribution in [0.4, 0.5) is 0 Å². The molecule has 0 aromatic heterocycles. The number of primary amides is 1. The van der Waals surface area contributed by atoms with Crippen molar-refractivity contribution in [2.24, 2.45) is 11.7 Å². The van der Waals surface area contributed by atoms with Crippen molar-refractivity contribution in [1.29, 1.82) is 0 Å². The first kappa shape index (κ1) is 15.0. The first-order valence-electron chi connectivity index (χ1n) is 7.01. The summed E-state index contributed by atoms with van der Waals surface area (Å²) in [6, 6.07) is 18.0. The molecule has 1 atom stereocenters. The number of hydrogen-bond donors (Lipinski definition) is 1. The van der Waals surface area contributed by atoms with E-state index in [-0.39, 0.29) is 12.2 Å². The minimum Gasteiger partial charge on any atom is -0.369 e. The van der Waals surface area contributed by atoms with Crippen molar-refractivity contribution in [1.82, 2.24) is 0 Å². The smallest absolute Gasteiger partial charge is 0.220 e. The summed E-state index contributed by atoms with van der Waals surface area (Å²) in [5, 5.41) is 0. The lowest BCUT2D eigenvalue weighted by molar-refractivity contribution is -0.126. The third kappa shape index (κ3) is 4.28. The zero-order valence-corrected chi connectivity index (χ0v) is 12.1. The summed E-state index contributed by atoms with van der Waals surface area (Å²) in [6.07, 6.45) is 0.544. The highest BCUT2D eigenvalue weighted by atomic mass is 16.1. The largest absolute Gasteiger partial charge is 0.369 e. The number of rotatable bonds is 6. The van der Waals surface area contributed by atoms with Gasteiger partial charge in [0.05, 0.1) is 0 Å². The van der Waals surface area contributed by atoms with E-state index in [9.17, 15) is 9.59 Å². The molecule has 0 fully saturated rings. The maximum atomic E-state index is 11.9. The first-order chi connectivity index (χ1) is 10.1. The van der Waals surface area contributed by atoms with Gasteiger partial charge in [0.25, 0.3) is 0 Å². The Balaban J connectivity index is 2.00. The minimum atomic E-state index is -0.428. The summed E-state index contributed by atoms with van der Waals surface area (Å²) in [5.41, 5.74) is 8.40. The lowest BCUT2D eigenvalue weighted by Gasteiger charge is -2.07. The van der Waals surface area contributed by atoms with Crippen LogP contribution < -0.4 is 5.73 Å². The molecule has 0 saturated carbocycles. The molecule has 0 aliphatic heterocycles. The van der Waals surface area contributed by atoms with Crippen molar-refractivity contribution < 1.29 is 9.59 Å². The van der Waals surface area contributed by atoms with Crippen LogP contribution in [0.15, 0.2) is 54.6 Å². The Morgan fingerprint density at radius 3 is 2.10 bits per heavy atom. The highest BCUT2D eigenvalue weighted by molar-refractivity contribution is 5.87. The van der Waals surface area contributed by atoms with Crippen molar-refractivity contribution in [3.05, 3.63) is 60.2 Å². The summed E-state index contributed by atoms with van der Waals surface area (Å²) in [6.45, 7) is 1.68. The van der Waals surface area contributed by atoms with Crippen LogP contribution in [-0.4, -0.2) is 11.7 Å². The number of carbonyl (C=O) groups is 2. The topological polar surface area (TPSA) is 60.2 Å². The Morgan fingerprint density at radius 1 is 0.952 bits per heavy atom. The van der Waals surface area contributed by atoms with Gasteiger partial charge in [-0.1, -0.05) is 61.5 Å². The standard InChI is InChI=1S/C18H19NO2/c1-13(18(19)21)11-17(20)12-14-7-9-16(10-8-14)15-5-3-2-4-6-15/h2-10,13H,11-12H2,1H3,(H2,19,21)/t13-/m1/s1. The number of carbonyl (C=O) groups excluding carboxylic acids is 2. The molecule has 2 aromatic carbocycles. The van der Waals surface area contributed by atoms with Gasteiger partial charge in [-0.05, 0) is 16.7 Å². The minimum absolute atomic E-state index is 0.0359. The van der Waals surface area contributed by atoms with E-state index in [0.717, 1.165) is 16.7 Å². The lowest BCUT2D eigenvalue weighted by atomic mass is 9.98. The average Bonchev–Trinajstić information content (AvgIpc) is 2.48. The van der Waals surface area contributed by atoms with Gasteiger partial charge in [-0.3, -0.25) is 9.59 Å². The number of amides is 1. The number of ketones is 1. The number of nitrogens with two attached hydrogens (primary N) is 1. The molecule has 0 aliphatic rings. The molecule has 3 nitrogen and oxygen atoms in total. The Bertz CT molecular complexity index is 617. The zero-order chi connectivity index (χ0) is 15.2. The van der Waals surface area contributed by atoms with Gasteiger partial charge in [-0.25, -0.2) is 0 Å². The second kappa shape index (κ2) is 6.84. The van der Waals surface area contributed by atoms with E-state index >= 15 is 0 Å². The van der Waals surface area contributed by atoms with Crippen LogP contribution in [-0.2, 0) is 16.0 Å². The fraction of sp³-hybridized carbons (Fsp3) is 0.222. The molecule has 0 heterocycles. The zero-order valence-electron chi connectivity index (χ0n) is 12.1. The van der Waals surface area contributed by atoms with Gasteiger partial charge in [0, 0.05) is 18.8 Å². The Morgan fingerprint density at radius 2 is 1.52 bits per heavy atom. The van der Waals surface area contributed by atoms with E-state index in [0.29, 0.717) is 6.42 Å². The number of benzene rings is 2. The van der Waals surface area contributed by atoms with Crippen molar-refractivity contribution in [2.75, 3.05) is 0 Å². The van der Waals surface area contributed by atoms with Gasteiger partial charge in [-0.15, -0.1) is 0 Å². The number of hydrogen-bond acceptors (Lipinski definition) is 2. The van der Waals surface area contributed by atoms with Gasteiger partial charge < -0.3 is 5.73 Å². The summed E-state index contributed by atoms with van der Waals surface area (Å²) >= 11 is 0. The van der Waals surface area contributed by atoms with Crippen molar-refractivity contribution in [2.45, 2.75) is 19.8 Å². The van der Waals surface area contributed by atoms with Gasteiger partial charge in [0.15, 0.2) is 0 Å². The third-order valence-electron chi connectivity index (χ3n) is 3.48. The molecule has 0 unspecified atom stereocenters. The van der Waals surface area contributed by atoms with Crippen LogP contribution in [0.1, 0.15) is 18.9 Å². The second-order valence-corrected chi connectivity index (χ2v) is 5.29. The first-order valence-corrected chi connectivity index (χ1v) is 7.01. The molecular formula is C18H19NO2. The molecule has 0 spiro atoms. The predicted molar refractivity (Wildman–Crippen MR) is 83.6 cm³/mol. The molecule has 1 amide bonds. The van der Waals surface area contributed by atoms with Crippen LogP contribution in [0.2, 0.25) is 0 Å². The molecule has 2 N–H and O–H groups in total. The highest BCUT2D eigenvalue weighted by Gasteiger charge is 2.14. The molecule has 0 aliphatic carbocycles. The van der Waals surface area contributed by atoms with Gasteiger partial charge >= 0.3 is 0 Å². The monoisotopic (exact) mass is 281 g/mol. The van der Waals surface area contributed by atoms with Crippen LogP contribution in [0.3, 0.4) is 0 Å². The average molecular weight is 281 g/mol. The molecule has 0 bridgehead atoms. The summed E-state index contributed by atoms with van der Waals surface area (Å²) in [4.78, 5) is 22.8. The SMILES string of the molecule is C[C@H](CC(=O)Cc1ccc(-c2ccccc2)cc1)C(N)=O. The van der Waals surface area contributed by atoms with Crippen LogP contribution in [0.25, 0.3) is 11.1 Å². The van der Waals surface area contributed by atoms with Crippen molar-refractivity contribution in [3.8, 4) is 11.1 Å². The molecule has 2 rings (SSSR count). The van der Waals surface area contributed by atoms with E-state index < -0.39 is 11.8 Å².